The minimum Gasteiger partial charge on any atom is -0.154 e. The van der Waals surface area contributed by atoms with Crippen molar-refractivity contribution in [3.63, 3.8) is 0 Å². The molecule has 1 heterocycles. The van der Waals surface area contributed by atoms with E-state index in [0.29, 0.717) is 6.42 Å². The van der Waals surface area contributed by atoms with Gasteiger partial charge in [0.05, 0.1) is 0 Å². The van der Waals surface area contributed by atoms with Crippen molar-refractivity contribution in [2.45, 2.75) is 38.9 Å². The summed E-state index contributed by atoms with van der Waals surface area (Å²) < 4.78 is 35.4. The molecule has 0 aromatic heterocycles. The van der Waals surface area contributed by atoms with E-state index in [1.165, 1.54) is 0 Å². The zero-order chi connectivity index (χ0) is 9.19. The lowest BCUT2D eigenvalue weighted by Crippen LogP contribution is -2.24. The van der Waals surface area contributed by atoms with Crippen LogP contribution < -0.4 is 0 Å². The SMILES string of the molecule is CCCCCC1=NN1C(F)(F)F. The van der Waals surface area contributed by atoms with Gasteiger partial charge in [-0.15, -0.1) is 18.3 Å². The fourth-order valence-electron chi connectivity index (χ4n) is 0.985. The molecule has 0 aliphatic carbocycles. The summed E-state index contributed by atoms with van der Waals surface area (Å²) in [5, 5.41) is 3.36. The molecule has 0 atom stereocenters. The molecule has 1 aliphatic heterocycles. The summed E-state index contributed by atoms with van der Waals surface area (Å²) in [6.45, 7) is 2.01. The molecule has 0 N–H and O–H groups in total. The molecule has 2 nitrogen and oxygen atoms in total. The Kier molecular flexibility index (Phi) is 2.59. The number of nitrogens with zero attached hydrogens (tertiary/aromatic N) is 2. The van der Waals surface area contributed by atoms with Crippen LogP contribution in [0.25, 0.3) is 0 Å². The first-order valence-corrected chi connectivity index (χ1v) is 4.00. The molecular weight excluding hydrogens is 169 g/mol. The number of alkyl halides is 3. The molecule has 0 amide bonds. The molecule has 0 fully saturated rings. The third-order valence-corrected chi connectivity index (χ3v) is 1.66. The summed E-state index contributed by atoms with van der Waals surface area (Å²) in [5.41, 5.74) is 0. The highest BCUT2D eigenvalue weighted by atomic mass is 19.4. The normalized spacial score (nSPS) is 16.3. The highest BCUT2D eigenvalue weighted by Gasteiger charge is 2.47. The van der Waals surface area contributed by atoms with Crippen LogP contribution in [-0.2, 0) is 0 Å². The highest BCUT2D eigenvalue weighted by Crippen LogP contribution is 2.31. The summed E-state index contributed by atoms with van der Waals surface area (Å²) in [5.74, 6) is 0.177. The van der Waals surface area contributed by atoms with Gasteiger partial charge in [-0.3, -0.25) is 0 Å². The first-order valence-electron chi connectivity index (χ1n) is 4.00. The maximum atomic E-state index is 11.8. The van der Waals surface area contributed by atoms with Crippen LogP contribution in [0.1, 0.15) is 32.6 Å². The van der Waals surface area contributed by atoms with E-state index >= 15 is 0 Å². The summed E-state index contributed by atoms with van der Waals surface area (Å²) in [6, 6.07) is 0. The Morgan fingerprint density at radius 3 is 2.42 bits per heavy atom. The first-order chi connectivity index (χ1) is 5.55. The second-order valence-electron chi connectivity index (χ2n) is 2.75. The third-order valence-electron chi connectivity index (χ3n) is 1.66. The Labute approximate surface area is 69.0 Å². The minimum atomic E-state index is -4.29. The molecule has 70 valence electrons. The number of unbranched alkanes of at least 4 members (excludes halogenated alkanes) is 2. The minimum absolute atomic E-state index is 0.142. The molecule has 1 aliphatic rings. The number of hydrogen-bond acceptors (Lipinski definition) is 2. The number of amidine groups is 1. The number of rotatable bonds is 4. The second kappa shape index (κ2) is 3.33. The first kappa shape index (κ1) is 9.35. The number of hydrazone groups is 1. The third kappa shape index (κ3) is 2.39. The largest absolute Gasteiger partial charge is 0.506 e. The van der Waals surface area contributed by atoms with Crippen LogP contribution in [0.5, 0.6) is 0 Å². The van der Waals surface area contributed by atoms with Crippen molar-refractivity contribution >= 4 is 5.84 Å². The molecule has 5 heteroatoms. The molecule has 1 rings (SSSR count). The maximum Gasteiger partial charge on any atom is 0.506 e. The van der Waals surface area contributed by atoms with E-state index in [1.807, 2.05) is 6.92 Å². The molecule has 0 aromatic rings. The van der Waals surface area contributed by atoms with Gasteiger partial charge in [0.15, 0.2) is 5.84 Å². The Hall–Kier alpha value is -0.740. The fraction of sp³-hybridized carbons (Fsp3) is 0.857. The van der Waals surface area contributed by atoms with Gasteiger partial charge in [0.1, 0.15) is 0 Å². The van der Waals surface area contributed by atoms with Crippen molar-refractivity contribution in [3.05, 3.63) is 0 Å². The molecule has 0 bridgehead atoms. The molecule has 0 aromatic carbocycles. The van der Waals surface area contributed by atoms with Crippen molar-refractivity contribution in [3.8, 4) is 0 Å². The van der Waals surface area contributed by atoms with Crippen molar-refractivity contribution < 1.29 is 13.2 Å². The van der Waals surface area contributed by atoms with Crippen LogP contribution in [-0.4, -0.2) is 17.1 Å². The highest BCUT2D eigenvalue weighted by molar-refractivity contribution is 5.91. The van der Waals surface area contributed by atoms with Gasteiger partial charge in [-0.2, -0.15) is 5.01 Å². The average Bonchev–Trinajstić information content (AvgIpc) is 2.66. The van der Waals surface area contributed by atoms with Crippen molar-refractivity contribution in [1.82, 2.24) is 5.01 Å². The zero-order valence-corrected chi connectivity index (χ0v) is 6.86. The van der Waals surface area contributed by atoms with Crippen LogP contribution >= 0.6 is 0 Å². The Balaban J connectivity index is 2.12. The molecule has 0 saturated carbocycles. The summed E-state index contributed by atoms with van der Waals surface area (Å²) in [6.07, 6.45) is -1.07. The van der Waals surface area contributed by atoms with Gasteiger partial charge in [0.2, 0.25) is 0 Å². The fourth-order valence-corrected chi connectivity index (χ4v) is 0.985. The Bertz CT molecular complexity index is 186. The van der Waals surface area contributed by atoms with E-state index in [1.54, 1.807) is 0 Å². The summed E-state index contributed by atoms with van der Waals surface area (Å²) in [7, 11) is 0. The van der Waals surface area contributed by atoms with E-state index in [2.05, 4.69) is 5.10 Å². The van der Waals surface area contributed by atoms with Crippen LogP contribution in [0.2, 0.25) is 0 Å². The van der Waals surface area contributed by atoms with Gasteiger partial charge in [-0.25, -0.2) is 0 Å². The topological polar surface area (TPSA) is 15.4 Å². The monoisotopic (exact) mass is 180 g/mol. The lowest BCUT2D eigenvalue weighted by atomic mass is 10.2. The van der Waals surface area contributed by atoms with Crippen molar-refractivity contribution in [1.29, 1.82) is 0 Å². The van der Waals surface area contributed by atoms with E-state index in [0.717, 1.165) is 19.3 Å². The van der Waals surface area contributed by atoms with Crippen LogP contribution in [0, 0.1) is 0 Å². The van der Waals surface area contributed by atoms with Crippen molar-refractivity contribution in [2.75, 3.05) is 0 Å². The quantitative estimate of drug-likeness (QED) is 0.479. The van der Waals surface area contributed by atoms with Crippen LogP contribution in [0.15, 0.2) is 5.10 Å². The predicted octanol–water partition coefficient (Wildman–Crippen LogP) is 2.72. The standard InChI is InChI=1S/C7H11F3N2/c1-2-3-4-5-6-11-12(6)7(8,9)10/h2-5H2,1H3. The molecular formula is C7H11F3N2. The van der Waals surface area contributed by atoms with Gasteiger partial charge in [-0.1, -0.05) is 19.8 Å². The van der Waals surface area contributed by atoms with E-state index in [9.17, 15) is 13.2 Å². The van der Waals surface area contributed by atoms with E-state index in [-0.39, 0.29) is 10.8 Å². The van der Waals surface area contributed by atoms with E-state index < -0.39 is 6.30 Å². The predicted molar refractivity (Wildman–Crippen MR) is 39.5 cm³/mol. The van der Waals surface area contributed by atoms with Gasteiger partial charge in [-0.05, 0) is 6.42 Å². The lowest BCUT2D eigenvalue weighted by molar-refractivity contribution is -0.202. The van der Waals surface area contributed by atoms with Gasteiger partial charge >= 0.3 is 6.30 Å². The molecule has 0 radical (unpaired) electrons. The van der Waals surface area contributed by atoms with Crippen molar-refractivity contribution in [2.24, 2.45) is 5.10 Å². The molecule has 0 saturated heterocycles. The zero-order valence-electron chi connectivity index (χ0n) is 6.86. The van der Waals surface area contributed by atoms with E-state index in [4.69, 9.17) is 0 Å². The average molecular weight is 180 g/mol. The van der Waals surface area contributed by atoms with Crippen LogP contribution in [0.3, 0.4) is 0 Å². The Morgan fingerprint density at radius 2 is 2.00 bits per heavy atom. The Morgan fingerprint density at radius 1 is 1.33 bits per heavy atom. The van der Waals surface area contributed by atoms with Crippen LogP contribution in [0.4, 0.5) is 13.2 Å². The maximum absolute atomic E-state index is 11.8. The second-order valence-corrected chi connectivity index (χ2v) is 2.75. The summed E-state index contributed by atoms with van der Waals surface area (Å²) >= 11 is 0. The molecule has 0 unspecified atom stereocenters. The van der Waals surface area contributed by atoms with Gasteiger partial charge in [0.25, 0.3) is 0 Å². The number of halogens is 3. The van der Waals surface area contributed by atoms with Gasteiger partial charge in [0, 0.05) is 6.42 Å². The molecule has 0 spiro atoms. The summed E-state index contributed by atoms with van der Waals surface area (Å²) in [4.78, 5) is 0. The molecule has 12 heavy (non-hydrogen) atoms. The smallest absolute Gasteiger partial charge is 0.154 e. The lowest BCUT2D eigenvalue weighted by Gasteiger charge is -2.05. The number of hydrogen-bond donors (Lipinski definition) is 0. The van der Waals surface area contributed by atoms with Gasteiger partial charge < -0.3 is 0 Å².